The highest BCUT2D eigenvalue weighted by Crippen LogP contribution is 2.18. The largest absolute Gasteiger partial charge is 0.398 e. The van der Waals surface area contributed by atoms with Crippen molar-refractivity contribution in [3.05, 3.63) is 65.2 Å². The summed E-state index contributed by atoms with van der Waals surface area (Å²) in [7, 11) is 0. The van der Waals surface area contributed by atoms with Crippen molar-refractivity contribution in [2.75, 3.05) is 5.73 Å². The van der Waals surface area contributed by atoms with Crippen molar-refractivity contribution in [3.8, 4) is 0 Å². The van der Waals surface area contributed by atoms with Gasteiger partial charge in [-0.2, -0.15) is 0 Å². The van der Waals surface area contributed by atoms with E-state index in [9.17, 15) is 4.79 Å². The van der Waals surface area contributed by atoms with Gasteiger partial charge in [-0.3, -0.25) is 4.79 Å². The van der Waals surface area contributed by atoms with Crippen molar-refractivity contribution in [2.45, 2.75) is 20.3 Å². The lowest BCUT2D eigenvalue weighted by molar-refractivity contribution is 0.103. The quantitative estimate of drug-likeness (QED) is 0.667. The smallest absolute Gasteiger partial charge is 0.195 e. The molecule has 2 aromatic carbocycles. The molecule has 0 bridgehead atoms. The molecule has 0 heterocycles. The second kappa shape index (κ2) is 5.70. The fourth-order valence-electron chi connectivity index (χ4n) is 2.17. The number of nitrogens with two attached hydrogens (primary N) is 1. The molecule has 0 fully saturated rings. The Bertz CT molecular complexity index is 587. The van der Waals surface area contributed by atoms with Crippen LogP contribution in [0.4, 0.5) is 5.69 Å². The summed E-state index contributed by atoms with van der Waals surface area (Å²) in [5.74, 6) is 0.566. The topological polar surface area (TPSA) is 43.1 Å². The summed E-state index contributed by atoms with van der Waals surface area (Å²) in [5.41, 5.74) is 8.85. The molecule has 0 aliphatic rings. The Hall–Kier alpha value is -2.09. The van der Waals surface area contributed by atoms with E-state index in [0.29, 0.717) is 22.7 Å². The van der Waals surface area contributed by atoms with Gasteiger partial charge in [0, 0.05) is 16.8 Å². The summed E-state index contributed by atoms with van der Waals surface area (Å²) < 4.78 is 0. The number of hydrogen-bond donors (Lipinski definition) is 1. The third-order valence-electron chi connectivity index (χ3n) is 3.04. The van der Waals surface area contributed by atoms with E-state index in [1.54, 1.807) is 12.1 Å². The van der Waals surface area contributed by atoms with Crippen molar-refractivity contribution in [1.82, 2.24) is 0 Å². The van der Waals surface area contributed by atoms with Gasteiger partial charge in [0.15, 0.2) is 5.78 Å². The molecule has 2 aromatic rings. The van der Waals surface area contributed by atoms with Crippen molar-refractivity contribution < 1.29 is 4.79 Å². The average Bonchev–Trinajstić information content (AvgIpc) is 2.38. The van der Waals surface area contributed by atoms with Crippen LogP contribution in [0, 0.1) is 5.92 Å². The zero-order valence-corrected chi connectivity index (χ0v) is 11.4. The molecule has 0 saturated carbocycles. The molecular formula is C17H19NO. The molecule has 0 aromatic heterocycles. The van der Waals surface area contributed by atoms with E-state index in [0.717, 1.165) is 6.42 Å². The number of rotatable bonds is 4. The lowest BCUT2D eigenvalue weighted by Crippen LogP contribution is -2.06. The van der Waals surface area contributed by atoms with Crippen LogP contribution in [0.2, 0.25) is 0 Å². The number of anilines is 1. The summed E-state index contributed by atoms with van der Waals surface area (Å²) in [6.07, 6.45) is 0.978. The molecule has 0 aliphatic heterocycles. The lowest BCUT2D eigenvalue weighted by Gasteiger charge is -2.08. The van der Waals surface area contributed by atoms with E-state index in [4.69, 9.17) is 5.73 Å². The van der Waals surface area contributed by atoms with Crippen LogP contribution in [0.5, 0.6) is 0 Å². The summed E-state index contributed by atoms with van der Waals surface area (Å²) in [4.78, 5) is 12.4. The third kappa shape index (κ3) is 3.22. The molecule has 2 nitrogen and oxygen atoms in total. The Kier molecular flexibility index (Phi) is 4.00. The molecule has 0 spiro atoms. The molecule has 0 radical (unpaired) electrons. The molecular weight excluding hydrogens is 234 g/mol. The molecule has 0 unspecified atom stereocenters. The van der Waals surface area contributed by atoms with E-state index in [2.05, 4.69) is 19.9 Å². The maximum Gasteiger partial charge on any atom is 0.195 e. The Morgan fingerprint density at radius 3 is 2.53 bits per heavy atom. The monoisotopic (exact) mass is 253 g/mol. The third-order valence-corrected chi connectivity index (χ3v) is 3.04. The number of para-hydroxylation sites is 1. The second-order valence-electron chi connectivity index (χ2n) is 5.21. The first-order chi connectivity index (χ1) is 9.08. The Morgan fingerprint density at radius 1 is 1.11 bits per heavy atom. The highest BCUT2D eigenvalue weighted by Gasteiger charge is 2.12. The van der Waals surface area contributed by atoms with E-state index in [1.807, 2.05) is 30.3 Å². The van der Waals surface area contributed by atoms with Crippen LogP contribution in [0.15, 0.2) is 48.5 Å². The van der Waals surface area contributed by atoms with Crippen LogP contribution in [-0.4, -0.2) is 5.78 Å². The molecule has 2 heteroatoms. The van der Waals surface area contributed by atoms with Gasteiger partial charge < -0.3 is 5.73 Å². The van der Waals surface area contributed by atoms with Crippen LogP contribution in [0.3, 0.4) is 0 Å². The normalized spacial score (nSPS) is 10.7. The van der Waals surface area contributed by atoms with Gasteiger partial charge in [0.1, 0.15) is 0 Å². The van der Waals surface area contributed by atoms with Crippen molar-refractivity contribution in [1.29, 1.82) is 0 Å². The van der Waals surface area contributed by atoms with Crippen LogP contribution < -0.4 is 5.73 Å². The molecule has 0 saturated heterocycles. The summed E-state index contributed by atoms with van der Waals surface area (Å²) >= 11 is 0. The van der Waals surface area contributed by atoms with Crippen LogP contribution in [0.25, 0.3) is 0 Å². The second-order valence-corrected chi connectivity index (χ2v) is 5.21. The van der Waals surface area contributed by atoms with E-state index < -0.39 is 0 Å². The average molecular weight is 253 g/mol. The van der Waals surface area contributed by atoms with Crippen LogP contribution in [-0.2, 0) is 6.42 Å². The number of carbonyl (C=O) groups excluding carboxylic acids is 1. The van der Waals surface area contributed by atoms with E-state index >= 15 is 0 Å². The number of carbonyl (C=O) groups is 1. The van der Waals surface area contributed by atoms with Crippen molar-refractivity contribution >= 4 is 11.5 Å². The van der Waals surface area contributed by atoms with Gasteiger partial charge in [-0.15, -0.1) is 0 Å². The summed E-state index contributed by atoms with van der Waals surface area (Å²) in [6.45, 7) is 4.34. The van der Waals surface area contributed by atoms with Gasteiger partial charge in [-0.25, -0.2) is 0 Å². The number of nitrogen functional groups attached to an aromatic ring is 1. The number of benzene rings is 2. The Labute approximate surface area is 114 Å². The fraction of sp³-hybridized carbons (Fsp3) is 0.235. The highest BCUT2D eigenvalue weighted by molar-refractivity contribution is 6.12. The van der Waals surface area contributed by atoms with E-state index in [-0.39, 0.29) is 5.78 Å². The first-order valence-electron chi connectivity index (χ1n) is 6.56. The van der Waals surface area contributed by atoms with Gasteiger partial charge in [0.2, 0.25) is 0 Å². The standard InChI is InChI=1S/C17H19NO/c1-12(2)10-13-6-5-7-14(11-13)17(19)15-8-3-4-9-16(15)18/h3-9,11-12H,10,18H2,1-2H3. The molecule has 0 atom stereocenters. The summed E-state index contributed by atoms with van der Waals surface area (Å²) in [6, 6.07) is 15.0. The first kappa shape index (κ1) is 13.3. The van der Waals surface area contributed by atoms with Crippen LogP contribution >= 0.6 is 0 Å². The van der Waals surface area contributed by atoms with Gasteiger partial charge in [0.25, 0.3) is 0 Å². The molecule has 2 rings (SSSR count). The highest BCUT2D eigenvalue weighted by atomic mass is 16.1. The predicted molar refractivity (Wildman–Crippen MR) is 79.3 cm³/mol. The molecule has 0 amide bonds. The first-order valence-corrected chi connectivity index (χ1v) is 6.56. The SMILES string of the molecule is CC(C)Cc1cccc(C(=O)c2ccccc2N)c1. The summed E-state index contributed by atoms with van der Waals surface area (Å²) in [5, 5.41) is 0. The molecule has 0 aliphatic carbocycles. The maximum absolute atomic E-state index is 12.4. The Balaban J connectivity index is 2.32. The maximum atomic E-state index is 12.4. The lowest BCUT2D eigenvalue weighted by atomic mass is 9.97. The zero-order chi connectivity index (χ0) is 13.8. The minimum atomic E-state index is -0.0105. The van der Waals surface area contributed by atoms with E-state index in [1.165, 1.54) is 5.56 Å². The van der Waals surface area contributed by atoms with Gasteiger partial charge in [-0.05, 0) is 36.1 Å². The number of hydrogen-bond acceptors (Lipinski definition) is 2. The van der Waals surface area contributed by atoms with Gasteiger partial charge in [-0.1, -0.05) is 44.2 Å². The molecule has 2 N–H and O–H groups in total. The van der Waals surface area contributed by atoms with Gasteiger partial charge in [0.05, 0.1) is 0 Å². The van der Waals surface area contributed by atoms with Gasteiger partial charge >= 0.3 is 0 Å². The minimum absolute atomic E-state index is 0.0105. The fourth-order valence-corrected chi connectivity index (χ4v) is 2.17. The van der Waals surface area contributed by atoms with Crippen molar-refractivity contribution in [2.24, 2.45) is 5.92 Å². The minimum Gasteiger partial charge on any atom is -0.398 e. The predicted octanol–water partition coefficient (Wildman–Crippen LogP) is 3.70. The molecule has 19 heavy (non-hydrogen) atoms. The van der Waals surface area contributed by atoms with Crippen molar-refractivity contribution in [3.63, 3.8) is 0 Å². The zero-order valence-electron chi connectivity index (χ0n) is 11.4. The van der Waals surface area contributed by atoms with Crippen LogP contribution in [0.1, 0.15) is 35.3 Å². The Morgan fingerprint density at radius 2 is 1.84 bits per heavy atom. The molecule has 98 valence electrons. The number of ketones is 1.